The molecule has 0 saturated carbocycles. The van der Waals surface area contributed by atoms with Gasteiger partial charge < -0.3 is 9.57 Å². The molecule has 1 aliphatic rings. The first-order valence-electron chi connectivity index (χ1n) is 5.11. The summed E-state index contributed by atoms with van der Waals surface area (Å²) in [7, 11) is 1.54. The van der Waals surface area contributed by atoms with Crippen molar-refractivity contribution in [3.63, 3.8) is 0 Å². The Balaban J connectivity index is 2.38. The monoisotopic (exact) mass is 245 g/mol. The van der Waals surface area contributed by atoms with Crippen molar-refractivity contribution in [2.24, 2.45) is 0 Å². The van der Waals surface area contributed by atoms with E-state index in [2.05, 4.69) is 5.48 Å². The molecule has 2 rings (SSSR count). The van der Waals surface area contributed by atoms with Crippen molar-refractivity contribution in [2.45, 2.75) is 25.5 Å². The van der Waals surface area contributed by atoms with Crippen LogP contribution in [0.25, 0.3) is 0 Å². The average Bonchev–Trinajstić information content (AvgIpc) is 2.58. The highest BCUT2D eigenvalue weighted by Crippen LogP contribution is 2.40. The summed E-state index contributed by atoms with van der Waals surface area (Å²) in [6.45, 7) is 2.00. The fourth-order valence-corrected chi connectivity index (χ4v) is 2.08. The Morgan fingerprint density at radius 1 is 1.56 bits per heavy atom. The summed E-state index contributed by atoms with van der Waals surface area (Å²) in [6.07, 6.45) is 0.738. The van der Waals surface area contributed by atoms with Crippen molar-refractivity contribution in [3.8, 4) is 5.75 Å². The lowest BCUT2D eigenvalue weighted by molar-refractivity contribution is 0.0283. The van der Waals surface area contributed by atoms with Gasteiger partial charge in [-0.25, -0.2) is 4.39 Å². The van der Waals surface area contributed by atoms with Gasteiger partial charge in [-0.05, 0) is 12.5 Å². The molecule has 0 aliphatic carbocycles. The fraction of sp³-hybridized carbons (Fsp3) is 0.455. The van der Waals surface area contributed by atoms with Crippen LogP contribution in [0.1, 0.15) is 24.9 Å². The van der Waals surface area contributed by atoms with E-state index in [4.69, 9.17) is 21.2 Å². The summed E-state index contributed by atoms with van der Waals surface area (Å²) >= 11 is 5.75. The first-order chi connectivity index (χ1) is 7.67. The number of ether oxygens (including phenoxy) is 1. The highest BCUT2D eigenvalue weighted by Gasteiger charge is 2.34. The van der Waals surface area contributed by atoms with Crippen LogP contribution in [0, 0.1) is 5.82 Å². The molecule has 2 unspecified atom stereocenters. The first-order valence-corrected chi connectivity index (χ1v) is 5.49. The normalized spacial score (nSPS) is 23.0. The molecule has 1 N–H and O–H groups in total. The van der Waals surface area contributed by atoms with Crippen LogP contribution in [0.5, 0.6) is 5.75 Å². The third-order valence-electron chi connectivity index (χ3n) is 2.69. The number of nitrogens with one attached hydrogen (secondary N) is 1. The second kappa shape index (κ2) is 4.57. The maximum atomic E-state index is 13.3. The van der Waals surface area contributed by atoms with E-state index in [9.17, 15) is 4.39 Å². The number of hydrogen-bond acceptors (Lipinski definition) is 3. The van der Waals surface area contributed by atoms with Crippen molar-refractivity contribution >= 4 is 11.6 Å². The zero-order valence-corrected chi connectivity index (χ0v) is 9.84. The van der Waals surface area contributed by atoms with Gasteiger partial charge in [-0.2, -0.15) is 5.48 Å². The van der Waals surface area contributed by atoms with Gasteiger partial charge in [-0.3, -0.25) is 0 Å². The van der Waals surface area contributed by atoms with Crippen molar-refractivity contribution in [1.29, 1.82) is 0 Å². The van der Waals surface area contributed by atoms with Crippen LogP contribution in [0.15, 0.2) is 12.1 Å². The molecule has 88 valence electrons. The smallest absolute Gasteiger partial charge is 0.145 e. The molecule has 1 aromatic carbocycles. The largest absolute Gasteiger partial charge is 0.488 e. The van der Waals surface area contributed by atoms with Gasteiger partial charge in [0.25, 0.3) is 0 Å². The molecule has 0 amide bonds. The summed E-state index contributed by atoms with van der Waals surface area (Å²) in [5.41, 5.74) is 3.68. The fourth-order valence-electron chi connectivity index (χ4n) is 1.91. The minimum atomic E-state index is -0.465. The molecule has 5 heteroatoms. The van der Waals surface area contributed by atoms with Crippen LogP contribution in [0.3, 0.4) is 0 Å². The minimum Gasteiger partial charge on any atom is -0.488 e. The standard InChI is InChI=1S/C11H13ClFNO2/c1-3-9-11(14-15-2)6-4-7(12)8(13)5-10(6)16-9/h4-5,9,11,14H,3H2,1-2H3. The van der Waals surface area contributed by atoms with E-state index in [1.54, 1.807) is 6.07 Å². The van der Waals surface area contributed by atoms with Gasteiger partial charge in [0.15, 0.2) is 0 Å². The summed E-state index contributed by atoms with van der Waals surface area (Å²) in [5.74, 6) is 0.0663. The van der Waals surface area contributed by atoms with E-state index < -0.39 is 5.82 Å². The first kappa shape index (κ1) is 11.6. The van der Waals surface area contributed by atoms with Crippen LogP contribution in [0.4, 0.5) is 4.39 Å². The van der Waals surface area contributed by atoms with Gasteiger partial charge in [0, 0.05) is 11.6 Å². The van der Waals surface area contributed by atoms with E-state index in [1.165, 1.54) is 13.2 Å². The molecule has 1 aromatic rings. The summed E-state index contributed by atoms with van der Waals surface area (Å²) < 4.78 is 18.9. The van der Waals surface area contributed by atoms with Gasteiger partial charge >= 0.3 is 0 Å². The molecule has 16 heavy (non-hydrogen) atoms. The average molecular weight is 246 g/mol. The lowest BCUT2D eigenvalue weighted by Crippen LogP contribution is -2.29. The molecule has 1 heterocycles. The molecular weight excluding hydrogens is 233 g/mol. The Hall–Kier alpha value is -0.840. The van der Waals surface area contributed by atoms with Crippen LogP contribution in [-0.4, -0.2) is 13.2 Å². The summed E-state index contributed by atoms with van der Waals surface area (Å²) in [6, 6.07) is 2.79. The maximum absolute atomic E-state index is 13.3. The quantitative estimate of drug-likeness (QED) is 0.831. The van der Waals surface area contributed by atoms with E-state index in [0.717, 1.165) is 12.0 Å². The van der Waals surface area contributed by atoms with Crippen LogP contribution in [0.2, 0.25) is 5.02 Å². The van der Waals surface area contributed by atoms with E-state index in [0.29, 0.717) is 5.75 Å². The molecule has 3 nitrogen and oxygen atoms in total. The zero-order valence-electron chi connectivity index (χ0n) is 9.09. The Morgan fingerprint density at radius 2 is 2.31 bits per heavy atom. The van der Waals surface area contributed by atoms with E-state index in [-0.39, 0.29) is 17.2 Å². The van der Waals surface area contributed by atoms with Gasteiger partial charge in [-0.15, -0.1) is 0 Å². The number of benzene rings is 1. The van der Waals surface area contributed by atoms with Crippen LogP contribution in [-0.2, 0) is 4.84 Å². The van der Waals surface area contributed by atoms with Gasteiger partial charge in [0.1, 0.15) is 17.7 Å². The minimum absolute atomic E-state index is 0.0622. The molecule has 0 saturated heterocycles. The van der Waals surface area contributed by atoms with Crippen molar-refractivity contribution < 1.29 is 14.0 Å². The van der Waals surface area contributed by atoms with Crippen molar-refractivity contribution in [3.05, 3.63) is 28.5 Å². The number of fused-ring (bicyclic) bond motifs is 1. The molecule has 0 radical (unpaired) electrons. The maximum Gasteiger partial charge on any atom is 0.145 e. The molecule has 0 spiro atoms. The zero-order chi connectivity index (χ0) is 11.7. The Morgan fingerprint density at radius 3 is 2.94 bits per heavy atom. The number of hydroxylamine groups is 1. The van der Waals surface area contributed by atoms with Crippen molar-refractivity contribution in [1.82, 2.24) is 5.48 Å². The Labute approximate surface area is 98.5 Å². The Bertz CT molecular complexity index is 400. The Kier molecular flexibility index (Phi) is 3.33. The SMILES string of the molecule is CCC1Oc2cc(F)c(Cl)cc2C1NOC. The van der Waals surface area contributed by atoms with Crippen LogP contribution < -0.4 is 10.2 Å². The molecule has 2 atom stereocenters. The summed E-state index contributed by atoms with van der Waals surface area (Å²) in [5, 5.41) is 0.0991. The van der Waals surface area contributed by atoms with Crippen LogP contribution >= 0.6 is 11.6 Å². The third kappa shape index (κ3) is 1.88. The lowest BCUT2D eigenvalue weighted by atomic mass is 10.0. The number of rotatable bonds is 3. The topological polar surface area (TPSA) is 30.5 Å². The molecular formula is C11H13ClFNO2. The molecule has 0 bridgehead atoms. The van der Waals surface area contributed by atoms with Gasteiger partial charge in [-0.1, -0.05) is 18.5 Å². The number of hydrogen-bond donors (Lipinski definition) is 1. The predicted molar refractivity (Wildman–Crippen MR) is 59.0 cm³/mol. The highest BCUT2D eigenvalue weighted by molar-refractivity contribution is 6.30. The second-order valence-corrected chi connectivity index (χ2v) is 4.08. The highest BCUT2D eigenvalue weighted by atomic mass is 35.5. The second-order valence-electron chi connectivity index (χ2n) is 3.67. The summed E-state index contributed by atoms with van der Waals surface area (Å²) in [4.78, 5) is 4.92. The van der Waals surface area contributed by atoms with Gasteiger partial charge in [0.2, 0.25) is 0 Å². The predicted octanol–water partition coefficient (Wildman–Crippen LogP) is 2.84. The molecule has 0 fully saturated rings. The van der Waals surface area contributed by atoms with Gasteiger partial charge in [0.05, 0.1) is 18.2 Å². The van der Waals surface area contributed by atoms with Crippen molar-refractivity contribution in [2.75, 3.05) is 7.11 Å². The number of halogens is 2. The molecule has 0 aromatic heterocycles. The molecule has 1 aliphatic heterocycles. The lowest BCUT2D eigenvalue weighted by Gasteiger charge is -2.17. The van der Waals surface area contributed by atoms with E-state index in [1.807, 2.05) is 6.92 Å². The van der Waals surface area contributed by atoms with E-state index >= 15 is 0 Å². The third-order valence-corrected chi connectivity index (χ3v) is 2.97.